The number of aromatic nitrogens is 4. The van der Waals surface area contributed by atoms with Crippen LogP contribution in [0.25, 0.3) is 22.3 Å². The summed E-state index contributed by atoms with van der Waals surface area (Å²) in [5.41, 5.74) is 4.00. The Bertz CT molecular complexity index is 3140. The molecular formula is C46H50F2N6O11S2. The maximum absolute atomic E-state index is 14.5. The fourth-order valence-corrected chi connectivity index (χ4v) is 8.25. The Balaban J connectivity index is 0.000000246. The third kappa shape index (κ3) is 14.2. The Morgan fingerprint density at radius 3 is 1.49 bits per heavy atom. The topological polar surface area (TPSA) is 249 Å². The van der Waals surface area contributed by atoms with Crippen LogP contribution in [0.5, 0.6) is 11.8 Å². The molecule has 2 aromatic carbocycles. The van der Waals surface area contributed by atoms with E-state index >= 15 is 0 Å². The molecule has 0 saturated heterocycles. The fourth-order valence-electron chi connectivity index (χ4n) is 6.65. The number of halogens is 2. The summed E-state index contributed by atoms with van der Waals surface area (Å²) in [6, 6.07) is 16.6. The summed E-state index contributed by atoms with van der Waals surface area (Å²) in [5, 5.41) is 14.0. The Hall–Kier alpha value is -7.10. The van der Waals surface area contributed by atoms with Gasteiger partial charge < -0.3 is 23.7 Å². The molecule has 4 aromatic heterocycles. The summed E-state index contributed by atoms with van der Waals surface area (Å²) in [5.74, 6) is -2.01. The number of carboxylic acid groups (broad SMARTS) is 1. The summed E-state index contributed by atoms with van der Waals surface area (Å²) < 4.78 is 89.8. The van der Waals surface area contributed by atoms with Gasteiger partial charge in [0.15, 0.2) is 0 Å². The lowest BCUT2D eigenvalue weighted by Gasteiger charge is -2.18. The average molecular weight is 965 g/mol. The second kappa shape index (κ2) is 22.4. The van der Waals surface area contributed by atoms with Crippen LogP contribution in [0.4, 0.5) is 8.78 Å². The van der Waals surface area contributed by atoms with Gasteiger partial charge in [-0.1, -0.05) is 27.7 Å². The van der Waals surface area contributed by atoms with E-state index in [9.17, 15) is 49.9 Å². The van der Waals surface area contributed by atoms with Crippen molar-refractivity contribution < 1.29 is 49.8 Å². The van der Waals surface area contributed by atoms with Crippen LogP contribution in [0.15, 0.2) is 117 Å². The number of carbonyl (C=O) groups is 2. The van der Waals surface area contributed by atoms with Crippen LogP contribution in [0.1, 0.15) is 61.8 Å². The summed E-state index contributed by atoms with van der Waals surface area (Å²) >= 11 is 0. The number of aryl methyl sites for hydroxylation is 2. The number of sulfonamides is 2. The highest BCUT2D eigenvalue weighted by atomic mass is 32.2. The first-order valence-electron chi connectivity index (χ1n) is 20.1. The molecule has 0 saturated carbocycles. The smallest absolute Gasteiger partial charge is 0.307 e. The number of hydrogen-bond donors (Lipinski definition) is 3. The van der Waals surface area contributed by atoms with Crippen molar-refractivity contribution in [2.24, 2.45) is 19.2 Å². The number of benzene rings is 2. The van der Waals surface area contributed by atoms with Gasteiger partial charge in [-0.3, -0.25) is 19.2 Å². The molecule has 0 bridgehead atoms. The molecule has 6 aromatic rings. The van der Waals surface area contributed by atoms with Gasteiger partial charge in [-0.05, 0) is 105 Å². The third-order valence-corrected chi connectivity index (χ3v) is 12.2. The van der Waals surface area contributed by atoms with Crippen molar-refractivity contribution in [1.29, 1.82) is 0 Å². The van der Waals surface area contributed by atoms with Crippen molar-refractivity contribution >= 4 is 31.9 Å². The van der Waals surface area contributed by atoms with Gasteiger partial charge in [-0.15, -0.1) is 0 Å². The summed E-state index contributed by atoms with van der Waals surface area (Å²) in [7, 11) is -2.10. The molecule has 0 aliphatic rings. The minimum absolute atomic E-state index is 0.0209. The van der Waals surface area contributed by atoms with Gasteiger partial charge in [0.1, 0.15) is 16.5 Å². The second-order valence-electron chi connectivity index (χ2n) is 15.5. The van der Waals surface area contributed by atoms with E-state index in [1.54, 1.807) is 30.5 Å². The van der Waals surface area contributed by atoms with Gasteiger partial charge in [0.25, 0.3) is 10.0 Å². The molecule has 0 atom stereocenters. The monoisotopic (exact) mass is 964 g/mol. The molecule has 1 amide bonds. The number of nitrogens with two attached hydrogens (primary N) is 1. The second-order valence-corrected chi connectivity index (χ2v) is 18.7. The normalized spacial score (nSPS) is 11.2. The predicted molar refractivity (Wildman–Crippen MR) is 246 cm³/mol. The van der Waals surface area contributed by atoms with E-state index in [0.717, 1.165) is 33.5 Å². The maximum Gasteiger partial charge on any atom is 0.307 e. The highest BCUT2D eigenvalue weighted by molar-refractivity contribution is 7.90. The van der Waals surface area contributed by atoms with Gasteiger partial charge in [-0.2, -0.15) is 0 Å². The fraction of sp³-hybridized carbons (Fsp3) is 0.261. The highest BCUT2D eigenvalue weighted by Gasteiger charge is 2.23. The molecule has 17 nitrogen and oxygen atoms in total. The van der Waals surface area contributed by atoms with Crippen LogP contribution in [0.3, 0.4) is 0 Å². The summed E-state index contributed by atoms with van der Waals surface area (Å²) in [6.45, 7) is 7.54. The first-order valence-corrected chi connectivity index (χ1v) is 23.2. The molecule has 356 valence electrons. The summed E-state index contributed by atoms with van der Waals surface area (Å²) in [4.78, 5) is 54.2. The number of rotatable bonds is 13. The van der Waals surface area contributed by atoms with Crippen LogP contribution in [0, 0.1) is 11.6 Å². The molecule has 0 unspecified atom stereocenters. The Morgan fingerprint density at radius 1 is 0.687 bits per heavy atom. The number of aliphatic carboxylic acids is 1. The number of pyridine rings is 4. The molecule has 0 radical (unpaired) electrons. The molecule has 67 heavy (non-hydrogen) atoms. The summed E-state index contributed by atoms with van der Waals surface area (Å²) in [6.07, 6.45) is 4.90. The van der Waals surface area contributed by atoms with Crippen molar-refractivity contribution in [3.05, 3.63) is 152 Å². The standard InChI is InChI=1S/C23H24FN3O5S.C17H18FNO3.C6H8N2O3S/c1-14(2)18-10-16(24)11-19(15-7-8-25-22(9-15)32-4)20(18)12-21(28)26-33(30,31)17-5-6-23(29)27(3)13-17;1-10(2)13-7-12(18)8-14(15(13)9-17(20)21)11-4-5-19-16(6-11)22-3;1-8-4-5(12(7,10)11)2-3-6(8)9/h5-11,13-14H,12H2,1-4H3,(H,26,28);4-8,10H,9H2,1-3H3,(H,20,21);2-4H,1H3,(H2,7,10,11). The van der Waals surface area contributed by atoms with E-state index in [1.165, 1.54) is 71.0 Å². The van der Waals surface area contributed by atoms with Gasteiger partial charge in [0.2, 0.25) is 38.8 Å². The minimum atomic E-state index is -4.21. The number of methoxy groups -OCH3 is 2. The largest absolute Gasteiger partial charge is 0.481 e. The lowest BCUT2D eigenvalue weighted by atomic mass is 9.88. The first-order chi connectivity index (χ1) is 31.3. The van der Waals surface area contributed by atoms with Gasteiger partial charge in [0, 0.05) is 63.1 Å². The van der Waals surface area contributed by atoms with E-state index in [0.29, 0.717) is 56.3 Å². The number of primary sulfonamides is 1. The van der Waals surface area contributed by atoms with Crippen molar-refractivity contribution in [3.8, 4) is 34.0 Å². The number of carbonyl (C=O) groups excluding carboxylic acids is 1. The van der Waals surface area contributed by atoms with Gasteiger partial charge in [0.05, 0.1) is 32.0 Å². The zero-order valence-corrected chi connectivity index (χ0v) is 39.4. The number of carboxylic acids is 1. The molecule has 4 heterocycles. The molecule has 0 aliphatic carbocycles. The van der Waals surface area contributed by atoms with Crippen LogP contribution < -0.4 is 30.5 Å². The van der Waals surface area contributed by atoms with E-state index in [2.05, 4.69) is 9.97 Å². The number of hydrogen-bond acceptors (Lipinski definition) is 12. The van der Waals surface area contributed by atoms with Crippen LogP contribution in [-0.4, -0.2) is 67.1 Å². The van der Waals surface area contributed by atoms with Crippen LogP contribution in [0.2, 0.25) is 0 Å². The molecule has 6 rings (SSSR count). The predicted octanol–water partition coefficient (Wildman–Crippen LogP) is 5.45. The van der Waals surface area contributed by atoms with Crippen molar-refractivity contribution in [1.82, 2.24) is 23.8 Å². The number of ether oxygens (including phenoxy) is 2. The lowest BCUT2D eigenvalue weighted by molar-refractivity contribution is -0.136. The van der Waals surface area contributed by atoms with Crippen molar-refractivity contribution in [2.45, 2.75) is 62.2 Å². The highest BCUT2D eigenvalue weighted by Crippen LogP contribution is 2.34. The zero-order valence-electron chi connectivity index (χ0n) is 37.8. The molecule has 4 N–H and O–H groups in total. The lowest BCUT2D eigenvalue weighted by Crippen LogP contribution is -2.33. The van der Waals surface area contributed by atoms with Gasteiger partial charge >= 0.3 is 5.97 Å². The molecule has 0 fully saturated rings. The van der Waals surface area contributed by atoms with E-state index in [4.69, 9.17) is 14.6 Å². The molecule has 21 heteroatoms. The van der Waals surface area contributed by atoms with Gasteiger partial charge in [-0.25, -0.2) is 45.4 Å². The number of nitrogens with one attached hydrogen (secondary N) is 1. The zero-order chi connectivity index (χ0) is 50.0. The average Bonchev–Trinajstić information content (AvgIpc) is 3.26. The third-order valence-electron chi connectivity index (χ3n) is 9.92. The van der Waals surface area contributed by atoms with Crippen LogP contribution >= 0.6 is 0 Å². The first kappa shape index (κ1) is 52.5. The van der Waals surface area contributed by atoms with E-state index in [1.807, 2.05) is 32.4 Å². The molecular weight excluding hydrogens is 915 g/mol. The molecule has 0 aliphatic heterocycles. The van der Waals surface area contributed by atoms with E-state index in [-0.39, 0.29) is 51.4 Å². The number of amides is 1. The Kier molecular flexibility index (Phi) is 17.6. The number of nitrogens with zero attached hydrogens (tertiary/aromatic N) is 4. The Morgan fingerprint density at radius 2 is 1.10 bits per heavy atom. The minimum Gasteiger partial charge on any atom is -0.481 e. The van der Waals surface area contributed by atoms with Crippen molar-refractivity contribution in [3.63, 3.8) is 0 Å². The SMILES string of the molecule is COc1cc(-c2cc(F)cc(C(C)C)c2CC(=O)NS(=O)(=O)c2ccc(=O)n(C)c2)ccn1.COc1cc(-c2cc(F)cc(C(C)C)c2CC(=O)O)ccn1.Cn1cc(S(N)(=O)=O)ccc1=O. The Labute approximate surface area is 386 Å². The van der Waals surface area contributed by atoms with Crippen LogP contribution in [-0.2, 0) is 56.6 Å². The quantitative estimate of drug-likeness (QED) is 0.131. The molecule has 0 spiro atoms. The van der Waals surface area contributed by atoms with E-state index < -0.39 is 37.7 Å². The van der Waals surface area contributed by atoms with Crippen molar-refractivity contribution in [2.75, 3.05) is 14.2 Å². The maximum atomic E-state index is 14.5.